The van der Waals surface area contributed by atoms with E-state index in [9.17, 15) is 0 Å². The van der Waals surface area contributed by atoms with Gasteiger partial charge in [-0.3, -0.25) is 0 Å². The Balaban J connectivity index is -0.000000125. The molecule has 0 heterocycles. The van der Waals surface area contributed by atoms with Crippen LogP contribution in [0, 0.1) is 6.04 Å². The Labute approximate surface area is 58.9 Å². The third kappa shape index (κ3) is 18.9. The van der Waals surface area contributed by atoms with E-state index >= 15 is 0 Å². The molecule has 45 valence electrons. The van der Waals surface area contributed by atoms with Gasteiger partial charge in [-0.05, 0) is 0 Å². The van der Waals surface area contributed by atoms with Crippen molar-refractivity contribution < 1.29 is 20.4 Å². The van der Waals surface area contributed by atoms with Crippen LogP contribution in [0.1, 0.15) is 20.8 Å². The first-order chi connectivity index (χ1) is 2.77. The van der Waals surface area contributed by atoms with Gasteiger partial charge in [-0.15, -0.1) is 0 Å². The quantitative estimate of drug-likeness (QED) is 0.356. The standard InChI is InChI=1S/C5H9N.Re.Rf/c1-4-6-5(2)3;;/h1-3H3;;/q-2;;. The van der Waals surface area contributed by atoms with Crippen molar-refractivity contribution >= 4 is 6.21 Å². The molecule has 0 spiro atoms. The van der Waals surface area contributed by atoms with Gasteiger partial charge in [-0.25, -0.2) is 0 Å². The van der Waals surface area contributed by atoms with Crippen LogP contribution < -0.4 is 0 Å². The predicted molar refractivity (Wildman–Crippen MR) is 27.7 cm³/mol. The minimum absolute atomic E-state index is 0. The number of rotatable bonds is 1. The van der Waals surface area contributed by atoms with Gasteiger partial charge in [0.1, 0.15) is 0 Å². The second kappa shape index (κ2) is 9.51. The molecule has 0 fully saturated rings. The maximum absolute atomic E-state index is 3.79. The van der Waals surface area contributed by atoms with E-state index in [-0.39, 0.29) is 20.4 Å². The van der Waals surface area contributed by atoms with Crippen LogP contribution in [-0.4, -0.2) is 6.21 Å². The van der Waals surface area contributed by atoms with E-state index in [1.807, 2.05) is 13.8 Å². The topological polar surface area (TPSA) is 12.4 Å². The van der Waals surface area contributed by atoms with E-state index in [0.29, 0.717) is 0 Å². The van der Waals surface area contributed by atoms with Crippen LogP contribution in [-0.2, 0) is 20.4 Å². The molecule has 0 aromatic rings. The molecule has 0 saturated heterocycles. The molecule has 0 unspecified atom stereocenters. The van der Waals surface area contributed by atoms with Crippen molar-refractivity contribution in [3.63, 3.8) is 0 Å². The summed E-state index contributed by atoms with van der Waals surface area (Å²) in [6.07, 6.45) is 2.66. The molecule has 0 atom stereocenters. The van der Waals surface area contributed by atoms with Gasteiger partial charge in [0.2, 0.25) is 0 Å². The molecule has 1 nitrogen and oxygen atoms in total. The number of hydrogen-bond donors (Lipinski definition) is 0. The third-order valence-corrected chi connectivity index (χ3v) is 0.335. The van der Waals surface area contributed by atoms with Crippen molar-refractivity contribution in [1.82, 2.24) is 0 Å². The Kier molecular flexibility index (Phi) is 18.6. The fourth-order valence-electron chi connectivity index (χ4n) is 0.224. The Morgan fingerprint density at radius 1 is 1.38 bits per heavy atom. The van der Waals surface area contributed by atoms with E-state index in [1.165, 1.54) is 0 Å². The molecular formula is C5H9NReRf-2. The molecule has 1 radical (unpaired) electrons. The van der Waals surface area contributed by atoms with Crippen molar-refractivity contribution in [2.75, 3.05) is 0 Å². The molecule has 8 heavy (non-hydrogen) atoms. The molecular weight excluding hydrogens is 527 g/mol. The molecule has 0 aromatic heterocycles. The molecule has 0 bridgehead atoms. The van der Waals surface area contributed by atoms with Gasteiger partial charge in [0.05, 0.1) is 0 Å². The maximum atomic E-state index is 3.79. The first-order valence-corrected chi connectivity index (χ1v) is 1.95. The molecule has 3 heteroatoms. The molecule has 0 aliphatic heterocycles. The van der Waals surface area contributed by atoms with E-state index in [4.69, 9.17) is 0 Å². The molecule has 0 saturated carbocycles. The average molecular weight is 536 g/mol. The summed E-state index contributed by atoms with van der Waals surface area (Å²) in [5.41, 5.74) is 0. The molecule has 0 aromatic carbocycles. The predicted octanol–water partition coefficient (Wildman–Crippen LogP) is 1.52. The van der Waals surface area contributed by atoms with Crippen molar-refractivity contribution in [3.05, 3.63) is 6.04 Å². The van der Waals surface area contributed by atoms with Crippen LogP contribution in [0.2, 0.25) is 0 Å². The molecule has 0 N–H and O–H groups in total. The molecule has 0 aliphatic carbocycles. The molecule has 0 rings (SSSR count). The minimum atomic E-state index is 0. The van der Waals surface area contributed by atoms with Crippen molar-refractivity contribution in [3.8, 4) is 0 Å². The van der Waals surface area contributed by atoms with E-state index in [0.717, 1.165) is 6.04 Å². The number of nitrogens with zero attached hydrogens (tertiary/aromatic N) is 1. The fraction of sp³-hybridized carbons (Fsp3) is 0.600. The van der Waals surface area contributed by atoms with Crippen LogP contribution >= 0.6 is 0 Å². The van der Waals surface area contributed by atoms with Gasteiger partial charge in [-0.1, -0.05) is 0 Å². The SMILES string of the molecule is C[C-]=N[C-](C)C.[Re].[Rf]. The van der Waals surface area contributed by atoms with Crippen molar-refractivity contribution in [1.29, 1.82) is 0 Å². The van der Waals surface area contributed by atoms with Crippen LogP contribution in [0.4, 0.5) is 0 Å². The molecule has 0 amide bonds. The zero-order chi connectivity index (χ0) is 4.99. The van der Waals surface area contributed by atoms with Gasteiger partial charge in [0.15, 0.2) is 0 Å². The van der Waals surface area contributed by atoms with Gasteiger partial charge in [0, 0.05) is 20.4 Å². The average Bonchev–Trinajstić information content (AvgIpc) is 1.35. The number of hydrogen-bond acceptors (Lipinski definition) is 1. The van der Waals surface area contributed by atoms with E-state index < -0.39 is 0 Å². The van der Waals surface area contributed by atoms with Gasteiger partial charge in [-0.2, -0.15) is 20.8 Å². The Bertz CT molecular complexity index is 54.4. The summed E-state index contributed by atoms with van der Waals surface area (Å²) in [4.78, 5) is 3.79. The zero-order valence-electron chi connectivity index (χ0n) is 5.53. The fourth-order valence-corrected chi connectivity index (χ4v) is 0.224. The summed E-state index contributed by atoms with van der Waals surface area (Å²) in [5, 5.41) is 0. The summed E-state index contributed by atoms with van der Waals surface area (Å²) < 4.78 is 0. The Hall–Kier alpha value is -0.798. The monoisotopic (exact) mass is 537 g/mol. The normalized spacial score (nSPS) is 7.38. The van der Waals surface area contributed by atoms with Crippen molar-refractivity contribution in [2.45, 2.75) is 20.8 Å². The Morgan fingerprint density at radius 2 is 1.75 bits per heavy atom. The van der Waals surface area contributed by atoms with Gasteiger partial charge >= 0.3 is 0 Å². The first kappa shape index (κ1) is 15.7. The molecule has 0 aliphatic rings. The Morgan fingerprint density at radius 3 is 1.75 bits per heavy atom. The van der Waals surface area contributed by atoms with Crippen LogP contribution in [0.3, 0.4) is 0 Å². The number of aliphatic imine (C=N–C) groups is 1. The maximum Gasteiger partial charge on any atom is 0 e. The van der Waals surface area contributed by atoms with E-state index in [2.05, 4.69) is 11.2 Å². The van der Waals surface area contributed by atoms with E-state index in [1.54, 1.807) is 6.92 Å². The van der Waals surface area contributed by atoms with Gasteiger partial charge in [0.25, 0.3) is 0 Å². The second-order valence-electron chi connectivity index (χ2n) is 1.28. The smallest absolute Gasteiger partial charge is 0 e. The summed E-state index contributed by atoms with van der Waals surface area (Å²) in [6.45, 7) is 5.67. The summed E-state index contributed by atoms with van der Waals surface area (Å²) in [5.74, 6) is 0. The minimum Gasteiger partial charge on any atom is -0.657 e. The summed E-state index contributed by atoms with van der Waals surface area (Å²) in [7, 11) is 0. The van der Waals surface area contributed by atoms with Crippen LogP contribution in [0.5, 0.6) is 0 Å². The van der Waals surface area contributed by atoms with Crippen molar-refractivity contribution in [2.24, 2.45) is 4.99 Å². The largest absolute Gasteiger partial charge is 0.657 e. The van der Waals surface area contributed by atoms with Crippen LogP contribution in [0.15, 0.2) is 4.99 Å². The van der Waals surface area contributed by atoms with Crippen LogP contribution in [0.25, 0.3) is 0 Å². The second-order valence-corrected chi connectivity index (χ2v) is 1.28. The summed E-state index contributed by atoms with van der Waals surface area (Å²) in [6, 6.07) is 1.05. The van der Waals surface area contributed by atoms with Gasteiger partial charge < -0.3 is 17.2 Å². The first-order valence-electron chi connectivity index (χ1n) is 1.95. The third-order valence-electron chi connectivity index (χ3n) is 0.335. The summed E-state index contributed by atoms with van der Waals surface area (Å²) >= 11 is 0. The zero-order valence-corrected chi connectivity index (χ0v) is 14.6.